The lowest BCUT2D eigenvalue weighted by Gasteiger charge is -2.59. The number of carbonyl (C=O) groups is 3. The van der Waals surface area contributed by atoms with Crippen LogP contribution in [-0.2, 0) is 14.3 Å². The first-order valence-corrected chi connectivity index (χ1v) is 19.2. The molecule has 0 radical (unpaired) electrons. The van der Waals surface area contributed by atoms with E-state index in [2.05, 4.69) is 12.2 Å². The fourth-order valence-corrected chi connectivity index (χ4v) is 11.2. The molecule has 11 nitrogen and oxygen atoms in total. The van der Waals surface area contributed by atoms with Crippen LogP contribution in [0, 0.1) is 34.4 Å². The van der Waals surface area contributed by atoms with Gasteiger partial charge in [0.1, 0.15) is 16.9 Å². The number of benzene rings is 1. The number of hydrogen-bond donors (Lipinski definition) is 3. The summed E-state index contributed by atoms with van der Waals surface area (Å²) in [6, 6.07) is 1.32. The van der Waals surface area contributed by atoms with Gasteiger partial charge < -0.3 is 34.5 Å². The van der Waals surface area contributed by atoms with Crippen molar-refractivity contribution in [3.8, 4) is 5.75 Å². The summed E-state index contributed by atoms with van der Waals surface area (Å²) in [6.07, 6.45) is 9.87. The highest BCUT2D eigenvalue weighted by atomic mass is 19.1. The number of Topliss-reactive ketones (excluding diaryl/α,β-unsaturated/α-hetero) is 1. The zero-order chi connectivity index (χ0) is 37.6. The number of fused-ring (bicyclic) bond motifs is 6. The van der Waals surface area contributed by atoms with Crippen molar-refractivity contribution < 1.29 is 38.5 Å². The molecule has 284 valence electrons. The summed E-state index contributed by atoms with van der Waals surface area (Å²) in [5, 5.41) is 27.2. The van der Waals surface area contributed by atoms with Gasteiger partial charge in [-0.05, 0) is 81.9 Å². The molecule has 0 amide bonds. The van der Waals surface area contributed by atoms with E-state index in [1.54, 1.807) is 12.2 Å². The number of halogens is 1. The molecular weight excluding hydrogens is 681 g/mol. The second-order valence-electron chi connectivity index (χ2n) is 16.9. The van der Waals surface area contributed by atoms with E-state index in [9.17, 15) is 29.4 Å². The van der Waals surface area contributed by atoms with Crippen LogP contribution in [0.25, 0.3) is 10.9 Å². The third-order valence-corrected chi connectivity index (χ3v) is 13.9. The number of anilines is 1. The maximum absolute atomic E-state index is 15.9. The van der Waals surface area contributed by atoms with Crippen molar-refractivity contribution in [2.24, 2.45) is 28.6 Å². The van der Waals surface area contributed by atoms with Crippen LogP contribution >= 0.6 is 0 Å². The van der Waals surface area contributed by atoms with Gasteiger partial charge in [-0.2, -0.15) is 0 Å². The molecule has 4 saturated carbocycles. The SMILES string of the molecule is COc1c(N2CCNC(C)C2)c(F)cc2c(=O)c(C(=O)OCCC(=O)[C@]3(O)CC[C@@H]4[C@H]5CCC6=CC(=O)C=C[C@@]6(C)C5[C@H](O)C[C@]43C)cn(C3CC3)c12. The maximum atomic E-state index is 15.9. The normalized spacial score (nSPS) is 35.0. The number of ketones is 2. The van der Waals surface area contributed by atoms with Crippen molar-refractivity contribution >= 4 is 34.1 Å². The molecule has 0 spiro atoms. The van der Waals surface area contributed by atoms with Gasteiger partial charge in [0.25, 0.3) is 0 Å². The van der Waals surface area contributed by atoms with Gasteiger partial charge in [-0.25, -0.2) is 9.18 Å². The van der Waals surface area contributed by atoms with E-state index in [1.807, 2.05) is 29.4 Å². The second-order valence-corrected chi connectivity index (χ2v) is 16.9. The fraction of sp³-hybridized carbons (Fsp3) is 0.610. The second kappa shape index (κ2) is 12.9. The Morgan fingerprint density at radius 2 is 1.92 bits per heavy atom. The van der Waals surface area contributed by atoms with Crippen molar-refractivity contribution in [1.29, 1.82) is 0 Å². The lowest BCUT2D eigenvalue weighted by Crippen LogP contribution is -2.61. The summed E-state index contributed by atoms with van der Waals surface area (Å²) in [4.78, 5) is 55.4. The zero-order valence-corrected chi connectivity index (χ0v) is 31.0. The molecule has 53 heavy (non-hydrogen) atoms. The van der Waals surface area contributed by atoms with Gasteiger partial charge in [-0.1, -0.05) is 25.5 Å². The van der Waals surface area contributed by atoms with Gasteiger partial charge in [0.2, 0.25) is 5.43 Å². The predicted octanol–water partition coefficient (Wildman–Crippen LogP) is 4.41. The minimum atomic E-state index is -1.72. The van der Waals surface area contributed by atoms with Gasteiger partial charge in [0.15, 0.2) is 23.1 Å². The van der Waals surface area contributed by atoms with Crippen molar-refractivity contribution in [2.75, 3.05) is 38.3 Å². The molecule has 1 aliphatic heterocycles. The highest BCUT2D eigenvalue weighted by molar-refractivity contribution is 6.01. The maximum Gasteiger partial charge on any atom is 0.343 e. The van der Waals surface area contributed by atoms with Gasteiger partial charge in [0.05, 0.1) is 30.7 Å². The Labute approximate surface area is 308 Å². The summed E-state index contributed by atoms with van der Waals surface area (Å²) in [7, 11) is 1.46. The number of carbonyl (C=O) groups excluding carboxylic acids is 3. The van der Waals surface area contributed by atoms with E-state index in [0.29, 0.717) is 37.3 Å². The number of hydrogen-bond acceptors (Lipinski definition) is 10. The first kappa shape index (κ1) is 36.1. The summed E-state index contributed by atoms with van der Waals surface area (Å²) in [6.45, 7) is 7.45. The molecule has 6 aliphatic rings. The number of piperazine rings is 1. The average Bonchev–Trinajstić information content (AvgIpc) is 3.92. The number of nitrogens with one attached hydrogen (secondary N) is 1. The Balaban J connectivity index is 1.01. The monoisotopic (exact) mass is 731 g/mol. The molecule has 1 saturated heterocycles. The summed E-state index contributed by atoms with van der Waals surface area (Å²) in [5.74, 6) is -1.85. The fourth-order valence-electron chi connectivity index (χ4n) is 11.2. The lowest BCUT2D eigenvalue weighted by atomic mass is 9.46. The molecule has 2 heterocycles. The highest BCUT2D eigenvalue weighted by Gasteiger charge is 2.68. The Bertz CT molecular complexity index is 2020. The van der Waals surface area contributed by atoms with Crippen LogP contribution in [0.5, 0.6) is 5.75 Å². The number of esters is 1. The standard InChI is InChI=1S/C41H50FN3O8/c1-22-20-44(15-14-43-22)35-30(42)18-27-34(37(35)52-4)45(24-6-7-24)21-28(36(27)49)38(50)53-16-11-32(48)41(51)13-10-29-26-8-5-23-17-25(46)9-12-39(23,2)33(26)31(47)19-40(29,41)3/h9,12,17-18,21-22,24,26,29,31,33,43,47,51H,5-8,10-11,13-16,19-20H2,1-4H3/t22?,26-,29-,31-,33?,39-,40-,41-/m1/s1. The van der Waals surface area contributed by atoms with Gasteiger partial charge in [-0.15, -0.1) is 0 Å². The number of aliphatic hydroxyl groups excluding tert-OH is 1. The number of aromatic nitrogens is 1. The number of pyridine rings is 1. The van der Waals surface area contributed by atoms with E-state index in [4.69, 9.17) is 9.47 Å². The molecule has 3 N–H and O–H groups in total. The van der Waals surface area contributed by atoms with E-state index < -0.39 is 45.5 Å². The van der Waals surface area contributed by atoms with Crippen molar-refractivity contribution in [1.82, 2.24) is 9.88 Å². The van der Waals surface area contributed by atoms with Gasteiger partial charge in [0, 0.05) is 61.1 Å². The number of allylic oxidation sites excluding steroid dienone is 4. The largest absolute Gasteiger partial charge is 0.492 e. The molecule has 2 unspecified atom stereocenters. The number of aliphatic hydroxyl groups is 2. The Kier molecular flexibility index (Phi) is 8.77. The summed E-state index contributed by atoms with van der Waals surface area (Å²) >= 11 is 0. The molecule has 5 aliphatic carbocycles. The van der Waals surface area contributed by atoms with E-state index in [-0.39, 0.29) is 78.2 Å². The molecule has 1 aromatic carbocycles. The lowest BCUT2D eigenvalue weighted by molar-refractivity contribution is -0.177. The van der Waals surface area contributed by atoms with Crippen LogP contribution in [0.15, 0.2) is 40.9 Å². The van der Waals surface area contributed by atoms with Crippen LogP contribution in [-0.4, -0.2) is 83.4 Å². The molecule has 12 heteroatoms. The Morgan fingerprint density at radius 3 is 2.64 bits per heavy atom. The molecule has 0 bridgehead atoms. The predicted molar refractivity (Wildman–Crippen MR) is 196 cm³/mol. The quantitative estimate of drug-likeness (QED) is 0.334. The number of methoxy groups -OCH3 is 1. The summed E-state index contributed by atoms with van der Waals surface area (Å²) in [5.41, 5.74) is -2.24. The molecule has 1 aromatic heterocycles. The smallest absolute Gasteiger partial charge is 0.343 e. The van der Waals surface area contributed by atoms with Crippen LogP contribution in [0.4, 0.5) is 10.1 Å². The minimum absolute atomic E-state index is 0.00196. The average molecular weight is 732 g/mol. The molecule has 5 fully saturated rings. The van der Waals surface area contributed by atoms with E-state index >= 15 is 4.39 Å². The highest BCUT2D eigenvalue weighted by Crippen LogP contribution is 2.67. The van der Waals surface area contributed by atoms with Crippen LogP contribution in [0.3, 0.4) is 0 Å². The number of rotatable bonds is 8. The number of nitrogens with zero attached hydrogens (tertiary/aromatic N) is 2. The zero-order valence-electron chi connectivity index (χ0n) is 31.0. The van der Waals surface area contributed by atoms with Gasteiger partial charge in [-0.3, -0.25) is 14.4 Å². The third kappa shape index (κ3) is 5.53. The number of ether oxygens (including phenoxy) is 2. The van der Waals surface area contributed by atoms with Crippen LogP contribution in [0.1, 0.15) is 88.5 Å². The van der Waals surface area contributed by atoms with E-state index in [1.165, 1.54) is 19.4 Å². The molecule has 8 rings (SSSR count). The minimum Gasteiger partial charge on any atom is -0.492 e. The first-order valence-electron chi connectivity index (χ1n) is 19.2. The molecule has 8 atom stereocenters. The van der Waals surface area contributed by atoms with E-state index in [0.717, 1.165) is 31.3 Å². The van der Waals surface area contributed by atoms with Crippen LogP contribution in [0.2, 0.25) is 0 Å². The Morgan fingerprint density at radius 1 is 1.15 bits per heavy atom. The van der Waals surface area contributed by atoms with Crippen LogP contribution < -0.4 is 20.4 Å². The summed E-state index contributed by atoms with van der Waals surface area (Å²) < 4.78 is 29.0. The molecular formula is C41H50FN3O8. The topological polar surface area (TPSA) is 147 Å². The van der Waals surface area contributed by atoms with Crippen molar-refractivity contribution in [3.05, 3.63) is 57.7 Å². The first-order chi connectivity index (χ1) is 25.2. The van der Waals surface area contributed by atoms with Gasteiger partial charge >= 0.3 is 5.97 Å². The van der Waals surface area contributed by atoms with Crippen molar-refractivity contribution in [3.63, 3.8) is 0 Å². The molecule has 2 aromatic rings. The third-order valence-electron chi connectivity index (χ3n) is 13.9. The van der Waals surface area contributed by atoms with Crippen molar-refractivity contribution in [2.45, 2.75) is 95.9 Å². The Hall–Kier alpha value is -3.87.